The lowest BCUT2D eigenvalue weighted by molar-refractivity contribution is 0.0761. The monoisotopic (exact) mass is 467 g/mol. The molecular formula is C25H29N3O2S2. The van der Waals surface area contributed by atoms with Gasteiger partial charge in [0, 0.05) is 55.1 Å². The van der Waals surface area contributed by atoms with E-state index in [1.807, 2.05) is 36.1 Å². The second kappa shape index (κ2) is 11.0. The zero-order valence-corrected chi connectivity index (χ0v) is 20.3. The molecule has 1 fully saturated rings. The molecule has 0 spiro atoms. The Morgan fingerprint density at radius 1 is 1.03 bits per heavy atom. The van der Waals surface area contributed by atoms with Crippen molar-refractivity contribution in [3.63, 3.8) is 0 Å². The third kappa shape index (κ3) is 6.12. The number of aryl methyl sites for hydroxylation is 1. The van der Waals surface area contributed by atoms with Gasteiger partial charge in [0.25, 0.3) is 5.91 Å². The Labute approximate surface area is 198 Å². The lowest BCUT2D eigenvalue weighted by Crippen LogP contribution is -2.35. The van der Waals surface area contributed by atoms with Crippen LogP contribution in [0.25, 0.3) is 0 Å². The van der Waals surface area contributed by atoms with E-state index >= 15 is 0 Å². The third-order valence-corrected chi connectivity index (χ3v) is 7.81. The highest BCUT2D eigenvalue weighted by molar-refractivity contribution is 8.00. The van der Waals surface area contributed by atoms with Crippen molar-refractivity contribution in [2.75, 3.05) is 33.3 Å². The Morgan fingerprint density at radius 2 is 1.78 bits per heavy atom. The normalized spacial score (nSPS) is 14.9. The molecule has 7 heteroatoms. The lowest BCUT2D eigenvalue weighted by atomic mass is 10.1. The summed E-state index contributed by atoms with van der Waals surface area (Å²) in [5.74, 6) is 1.88. The number of amides is 1. The minimum absolute atomic E-state index is 0.131. The Morgan fingerprint density at radius 3 is 2.47 bits per heavy atom. The number of benzene rings is 2. The summed E-state index contributed by atoms with van der Waals surface area (Å²) >= 11 is 3.42. The van der Waals surface area contributed by atoms with E-state index in [-0.39, 0.29) is 5.91 Å². The molecule has 2 heterocycles. The third-order valence-electron chi connectivity index (χ3n) is 5.60. The molecule has 0 saturated carbocycles. The first kappa shape index (κ1) is 22.8. The van der Waals surface area contributed by atoms with Gasteiger partial charge >= 0.3 is 0 Å². The van der Waals surface area contributed by atoms with Crippen molar-refractivity contribution in [2.24, 2.45) is 0 Å². The van der Waals surface area contributed by atoms with Gasteiger partial charge in [0.2, 0.25) is 0 Å². The predicted octanol–water partition coefficient (Wildman–Crippen LogP) is 5.10. The number of carbonyl (C=O) groups excluding carboxylic acids is 1. The maximum atomic E-state index is 13.1. The van der Waals surface area contributed by atoms with Crippen LogP contribution in [0.4, 0.5) is 0 Å². The molecule has 5 nitrogen and oxygen atoms in total. The van der Waals surface area contributed by atoms with Gasteiger partial charge in [-0.25, -0.2) is 4.98 Å². The average Bonchev–Trinajstić information content (AvgIpc) is 3.10. The van der Waals surface area contributed by atoms with Crippen LogP contribution in [0.1, 0.15) is 33.6 Å². The van der Waals surface area contributed by atoms with Crippen molar-refractivity contribution in [3.8, 4) is 5.75 Å². The number of hydrogen-bond acceptors (Lipinski definition) is 6. The van der Waals surface area contributed by atoms with Gasteiger partial charge in [-0.1, -0.05) is 36.0 Å². The standard InChI is InChI=1S/C25H29N3O2S2/c1-19-17-31-25(26-19)32-18-21-4-8-22(9-5-21)24(29)28-13-3-12-27(14-15-28)16-20-6-10-23(30-2)11-7-20/h4-11,17H,3,12-16,18H2,1-2H3. The number of thiazole rings is 1. The van der Waals surface area contributed by atoms with Gasteiger partial charge in [-0.15, -0.1) is 11.3 Å². The smallest absolute Gasteiger partial charge is 0.253 e. The molecule has 0 bridgehead atoms. The van der Waals surface area contributed by atoms with E-state index in [0.29, 0.717) is 0 Å². The summed E-state index contributed by atoms with van der Waals surface area (Å²) in [5, 5.41) is 2.07. The van der Waals surface area contributed by atoms with Crippen molar-refractivity contribution in [1.82, 2.24) is 14.8 Å². The van der Waals surface area contributed by atoms with E-state index < -0.39 is 0 Å². The fraction of sp³-hybridized carbons (Fsp3) is 0.360. The maximum Gasteiger partial charge on any atom is 0.253 e. The molecule has 1 aliphatic rings. The number of rotatable bonds is 7. The van der Waals surface area contributed by atoms with E-state index in [9.17, 15) is 4.79 Å². The summed E-state index contributed by atoms with van der Waals surface area (Å²) in [6.07, 6.45) is 0.990. The number of aromatic nitrogens is 1. The van der Waals surface area contributed by atoms with Crippen LogP contribution in [0, 0.1) is 6.92 Å². The Bertz CT molecular complexity index is 1020. The van der Waals surface area contributed by atoms with Crippen LogP contribution >= 0.6 is 23.1 Å². The van der Waals surface area contributed by atoms with Crippen molar-refractivity contribution in [2.45, 2.75) is 30.0 Å². The van der Waals surface area contributed by atoms with E-state index in [1.54, 1.807) is 30.2 Å². The van der Waals surface area contributed by atoms with Crippen LogP contribution in [0.15, 0.2) is 58.3 Å². The summed E-state index contributed by atoms with van der Waals surface area (Å²) in [5.41, 5.74) is 4.32. The molecule has 0 unspecified atom stereocenters. The number of hydrogen-bond donors (Lipinski definition) is 0. The van der Waals surface area contributed by atoms with Crippen LogP contribution in [0.5, 0.6) is 5.75 Å². The summed E-state index contributed by atoms with van der Waals surface area (Å²) in [7, 11) is 1.69. The molecule has 2 aromatic carbocycles. The molecule has 1 amide bonds. The van der Waals surface area contributed by atoms with Gasteiger partial charge in [0.15, 0.2) is 0 Å². The number of nitrogens with zero attached hydrogens (tertiary/aromatic N) is 3. The average molecular weight is 468 g/mol. The highest BCUT2D eigenvalue weighted by Crippen LogP contribution is 2.26. The van der Waals surface area contributed by atoms with Gasteiger partial charge in [-0.3, -0.25) is 9.69 Å². The second-order valence-corrected chi connectivity index (χ2v) is 10.1. The first-order valence-corrected chi connectivity index (χ1v) is 12.8. The first-order valence-electron chi connectivity index (χ1n) is 10.9. The van der Waals surface area contributed by atoms with Gasteiger partial charge in [0.1, 0.15) is 10.1 Å². The zero-order valence-electron chi connectivity index (χ0n) is 18.6. The molecular weight excluding hydrogens is 438 g/mol. The summed E-state index contributed by atoms with van der Waals surface area (Å²) in [6, 6.07) is 16.3. The number of thioether (sulfide) groups is 1. The molecule has 1 saturated heterocycles. The van der Waals surface area contributed by atoms with Crippen LogP contribution < -0.4 is 4.74 Å². The molecule has 3 aromatic rings. The number of methoxy groups -OCH3 is 1. The maximum absolute atomic E-state index is 13.1. The highest BCUT2D eigenvalue weighted by atomic mass is 32.2. The lowest BCUT2D eigenvalue weighted by Gasteiger charge is -2.22. The Hall–Kier alpha value is -2.35. The van der Waals surface area contributed by atoms with Crippen molar-refractivity contribution >= 4 is 29.0 Å². The van der Waals surface area contributed by atoms with Crippen molar-refractivity contribution in [1.29, 1.82) is 0 Å². The van der Waals surface area contributed by atoms with Crippen molar-refractivity contribution < 1.29 is 9.53 Å². The number of ether oxygens (including phenoxy) is 1. The Balaban J connectivity index is 1.29. The summed E-state index contributed by atoms with van der Waals surface area (Å²) < 4.78 is 6.33. The molecule has 0 atom stereocenters. The second-order valence-electron chi connectivity index (χ2n) is 8.01. The quantitative estimate of drug-likeness (QED) is 0.453. The Kier molecular flexibility index (Phi) is 7.84. The van der Waals surface area contributed by atoms with E-state index in [1.165, 1.54) is 11.1 Å². The first-order chi connectivity index (χ1) is 15.6. The molecule has 1 aliphatic heterocycles. The molecule has 32 heavy (non-hydrogen) atoms. The van der Waals surface area contributed by atoms with Crippen LogP contribution in [0.2, 0.25) is 0 Å². The number of carbonyl (C=O) groups is 1. The van der Waals surface area contributed by atoms with Gasteiger partial charge in [-0.05, 0) is 48.7 Å². The molecule has 1 aromatic heterocycles. The van der Waals surface area contributed by atoms with E-state index in [0.717, 1.165) is 66.2 Å². The summed E-state index contributed by atoms with van der Waals surface area (Å²) in [6.45, 7) is 6.37. The van der Waals surface area contributed by atoms with Crippen molar-refractivity contribution in [3.05, 3.63) is 76.3 Å². The van der Waals surface area contributed by atoms with Gasteiger partial charge in [0.05, 0.1) is 7.11 Å². The molecule has 0 aliphatic carbocycles. The minimum Gasteiger partial charge on any atom is -0.497 e. The zero-order chi connectivity index (χ0) is 22.3. The summed E-state index contributed by atoms with van der Waals surface area (Å²) in [4.78, 5) is 22.0. The molecule has 168 valence electrons. The largest absolute Gasteiger partial charge is 0.497 e. The SMILES string of the molecule is COc1ccc(CN2CCCN(C(=O)c3ccc(CSc4nc(C)cs4)cc3)CC2)cc1. The molecule has 4 rings (SSSR count). The molecule has 0 N–H and O–H groups in total. The van der Waals surface area contributed by atoms with Gasteiger partial charge in [-0.2, -0.15) is 0 Å². The van der Waals surface area contributed by atoms with Gasteiger partial charge < -0.3 is 9.64 Å². The fourth-order valence-corrected chi connectivity index (χ4v) is 5.60. The van der Waals surface area contributed by atoms with Crippen LogP contribution in [-0.4, -0.2) is 54.0 Å². The van der Waals surface area contributed by atoms with Crippen LogP contribution in [0.3, 0.4) is 0 Å². The van der Waals surface area contributed by atoms with E-state index in [2.05, 4.69) is 39.5 Å². The predicted molar refractivity (Wildman–Crippen MR) is 132 cm³/mol. The highest BCUT2D eigenvalue weighted by Gasteiger charge is 2.20. The topological polar surface area (TPSA) is 45.7 Å². The minimum atomic E-state index is 0.131. The fourth-order valence-electron chi connectivity index (χ4n) is 3.79. The molecule has 0 radical (unpaired) electrons. The van der Waals surface area contributed by atoms with E-state index in [4.69, 9.17) is 4.74 Å². The van der Waals surface area contributed by atoms with Crippen LogP contribution in [-0.2, 0) is 12.3 Å².